The first-order valence-corrected chi connectivity index (χ1v) is 11.9. The first kappa shape index (κ1) is 20.4. The minimum Gasteiger partial charge on any atom is -0.456 e. The molecule has 0 unspecified atom stereocenters. The van der Waals surface area contributed by atoms with E-state index in [2.05, 4.69) is 0 Å². The predicted octanol–water partition coefficient (Wildman–Crippen LogP) is 0.185. The lowest BCUT2D eigenvalue weighted by atomic mass is 10.2. The Morgan fingerprint density at radius 3 is 2.42 bits per heavy atom. The molecule has 1 amide bonds. The summed E-state index contributed by atoms with van der Waals surface area (Å²) in [6.07, 6.45) is 0.976. The van der Waals surface area contributed by atoms with E-state index in [9.17, 15) is 26.4 Å². The summed E-state index contributed by atoms with van der Waals surface area (Å²) in [6.45, 7) is -0.575. The van der Waals surface area contributed by atoms with Crippen LogP contribution in [0.3, 0.4) is 0 Å². The quantitative estimate of drug-likeness (QED) is 0.597. The highest BCUT2D eigenvalue weighted by Crippen LogP contribution is 2.24. The normalized spacial score (nSPS) is 19.0. The summed E-state index contributed by atoms with van der Waals surface area (Å²) >= 11 is 0. The Labute approximate surface area is 153 Å². The summed E-state index contributed by atoms with van der Waals surface area (Å²) in [5.41, 5.74) is 0.520. The second-order valence-electron chi connectivity index (χ2n) is 6.20. The van der Waals surface area contributed by atoms with Crippen LogP contribution < -0.4 is 4.90 Å². The van der Waals surface area contributed by atoms with Crippen LogP contribution in [0.4, 0.5) is 5.69 Å². The lowest BCUT2D eigenvalue weighted by molar-refractivity contribution is -0.147. The highest BCUT2D eigenvalue weighted by molar-refractivity contribution is 7.91. The third kappa shape index (κ3) is 6.10. The zero-order valence-corrected chi connectivity index (χ0v) is 16.0. The Balaban J connectivity index is 2.06. The van der Waals surface area contributed by atoms with Crippen LogP contribution in [0.2, 0.25) is 0 Å². The molecular weight excluding hydrogens is 382 g/mol. The Bertz CT molecular complexity index is 863. The highest BCUT2D eigenvalue weighted by Gasteiger charge is 2.35. The molecule has 1 aromatic carbocycles. The molecule has 1 aliphatic rings. The second kappa shape index (κ2) is 8.17. The van der Waals surface area contributed by atoms with Crippen LogP contribution in [0.25, 0.3) is 0 Å². The third-order valence-corrected chi connectivity index (χ3v) is 6.61. The van der Waals surface area contributed by atoms with Crippen molar-refractivity contribution in [3.05, 3.63) is 30.3 Å². The average molecular weight is 403 g/mol. The summed E-state index contributed by atoms with van der Waals surface area (Å²) in [5, 5.41) is 0. The van der Waals surface area contributed by atoms with Gasteiger partial charge in [0.25, 0.3) is 5.91 Å². The van der Waals surface area contributed by atoms with E-state index in [1.165, 1.54) is 4.90 Å². The second-order valence-corrected chi connectivity index (χ2v) is 10.7. The monoisotopic (exact) mass is 403 g/mol. The number of hydrogen-bond donors (Lipinski definition) is 0. The molecule has 1 atom stereocenters. The third-order valence-electron chi connectivity index (χ3n) is 3.91. The van der Waals surface area contributed by atoms with Crippen molar-refractivity contribution in [1.82, 2.24) is 0 Å². The molecule has 0 aliphatic carbocycles. The summed E-state index contributed by atoms with van der Waals surface area (Å²) in [5.74, 6) is -1.84. The van der Waals surface area contributed by atoms with Crippen LogP contribution in [0.1, 0.15) is 12.8 Å². The molecule has 0 aromatic heterocycles. The number of ether oxygens (including phenoxy) is 1. The first-order chi connectivity index (χ1) is 12.1. The van der Waals surface area contributed by atoms with Gasteiger partial charge in [0.05, 0.1) is 29.7 Å². The number of carbonyl (C=O) groups excluding carboxylic acids is 2. The molecule has 1 aliphatic heterocycles. The van der Waals surface area contributed by atoms with Crippen LogP contribution in [0, 0.1) is 0 Å². The van der Waals surface area contributed by atoms with E-state index in [-0.39, 0.29) is 23.7 Å². The first-order valence-electron chi connectivity index (χ1n) is 7.98. The molecule has 1 fully saturated rings. The minimum absolute atomic E-state index is 0.00241. The van der Waals surface area contributed by atoms with Crippen LogP contribution >= 0.6 is 0 Å². The van der Waals surface area contributed by atoms with Crippen molar-refractivity contribution in [2.45, 2.75) is 18.9 Å². The van der Waals surface area contributed by atoms with Gasteiger partial charge in [-0.05, 0) is 18.6 Å². The van der Waals surface area contributed by atoms with Gasteiger partial charge in [0, 0.05) is 11.9 Å². The summed E-state index contributed by atoms with van der Waals surface area (Å²) < 4.78 is 50.5. The fourth-order valence-corrected chi connectivity index (χ4v) is 4.92. The number of hydrogen-bond acceptors (Lipinski definition) is 7. The number of amides is 1. The lowest BCUT2D eigenvalue weighted by Gasteiger charge is -2.28. The molecule has 0 spiro atoms. The summed E-state index contributed by atoms with van der Waals surface area (Å²) in [4.78, 5) is 25.5. The van der Waals surface area contributed by atoms with Gasteiger partial charge in [0.1, 0.15) is 9.84 Å². The number of esters is 1. The van der Waals surface area contributed by atoms with Crippen LogP contribution in [0.5, 0.6) is 0 Å². The number of sulfone groups is 2. The summed E-state index contributed by atoms with van der Waals surface area (Å²) in [6, 6.07) is 8.03. The Morgan fingerprint density at radius 1 is 1.23 bits per heavy atom. The van der Waals surface area contributed by atoms with E-state index in [1.54, 1.807) is 30.3 Å². The molecule has 8 nitrogen and oxygen atoms in total. The molecule has 1 saturated heterocycles. The van der Waals surface area contributed by atoms with E-state index < -0.39 is 44.2 Å². The van der Waals surface area contributed by atoms with Crippen molar-refractivity contribution >= 4 is 37.2 Å². The Hall–Kier alpha value is -1.94. The van der Waals surface area contributed by atoms with E-state index >= 15 is 0 Å². The van der Waals surface area contributed by atoms with Crippen molar-refractivity contribution in [2.24, 2.45) is 0 Å². The number of anilines is 1. The van der Waals surface area contributed by atoms with Crippen LogP contribution in [0.15, 0.2) is 30.3 Å². The molecule has 2 rings (SSSR count). The minimum atomic E-state index is -3.31. The zero-order chi connectivity index (χ0) is 19.4. The Morgan fingerprint density at radius 2 is 1.88 bits per heavy atom. The molecule has 26 heavy (non-hydrogen) atoms. The van der Waals surface area contributed by atoms with Crippen molar-refractivity contribution in [2.75, 3.05) is 35.0 Å². The van der Waals surface area contributed by atoms with Gasteiger partial charge in [-0.15, -0.1) is 0 Å². The molecular formula is C16H21NO7S2. The molecule has 0 radical (unpaired) electrons. The molecule has 0 saturated carbocycles. The maximum absolute atomic E-state index is 12.6. The molecule has 0 bridgehead atoms. The van der Waals surface area contributed by atoms with Crippen LogP contribution in [-0.4, -0.2) is 64.9 Å². The topological polar surface area (TPSA) is 115 Å². The number of para-hydroxylation sites is 1. The average Bonchev–Trinajstić information content (AvgIpc) is 2.91. The largest absolute Gasteiger partial charge is 0.456 e. The molecule has 144 valence electrons. The number of nitrogens with zero attached hydrogens (tertiary/aromatic N) is 1. The van der Waals surface area contributed by atoms with Crippen molar-refractivity contribution in [1.29, 1.82) is 0 Å². The van der Waals surface area contributed by atoms with Gasteiger partial charge in [-0.1, -0.05) is 18.2 Å². The van der Waals surface area contributed by atoms with Crippen LogP contribution in [-0.2, 0) is 34.0 Å². The smallest absolute Gasteiger partial charge is 0.307 e. The van der Waals surface area contributed by atoms with E-state index in [0.717, 1.165) is 6.26 Å². The maximum Gasteiger partial charge on any atom is 0.307 e. The standard InChI is InChI=1S/C16H21NO7S2/c1-25(20,21)9-8-16(19)24-11-15(18)17(13-5-3-2-4-6-13)14-7-10-26(22,23)12-14/h2-6,14H,7-12H2,1H3/t14-/m0/s1. The van der Waals surface area contributed by atoms with Crippen molar-refractivity contribution in [3.63, 3.8) is 0 Å². The van der Waals surface area contributed by atoms with Gasteiger partial charge in [-0.3, -0.25) is 9.59 Å². The lowest BCUT2D eigenvalue weighted by Crippen LogP contribution is -2.43. The van der Waals surface area contributed by atoms with Gasteiger partial charge < -0.3 is 9.64 Å². The fraction of sp³-hybridized carbons (Fsp3) is 0.500. The van der Waals surface area contributed by atoms with Gasteiger partial charge >= 0.3 is 5.97 Å². The SMILES string of the molecule is CS(=O)(=O)CCC(=O)OCC(=O)N(c1ccccc1)[C@H]1CCS(=O)(=O)C1. The highest BCUT2D eigenvalue weighted by atomic mass is 32.2. The molecule has 1 aromatic rings. The van der Waals surface area contributed by atoms with E-state index in [0.29, 0.717) is 12.1 Å². The van der Waals surface area contributed by atoms with Crippen molar-refractivity contribution in [3.8, 4) is 0 Å². The molecule has 1 heterocycles. The van der Waals surface area contributed by atoms with Gasteiger partial charge in [0.15, 0.2) is 16.4 Å². The van der Waals surface area contributed by atoms with Gasteiger partial charge in [-0.25, -0.2) is 16.8 Å². The summed E-state index contributed by atoms with van der Waals surface area (Å²) in [7, 11) is -6.51. The molecule has 0 N–H and O–H groups in total. The van der Waals surface area contributed by atoms with E-state index in [4.69, 9.17) is 4.74 Å². The maximum atomic E-state index is 12.6. The fourth-order valence-electron chi connectivity index (χ4n) is 2.68. The zero-order valence-electron chi connectivity index (χ0n) is 14.3. The van der Waals surface area contributed by atoms with Crippen molar-refractivity contribution < 1.29 is 31.2 Å². The van der Waals surface area contributed by atoms with Gasteiger partial charge in [-0.2, -0.15) is 0 Å². The Kier molecular flexibility index (Phi) is 6.40. The molecule has 10 heteroatoms. The van der Waals surface area contributed by atoms with Gasteiger partial charge in [0.2, 0.25) is 0 Å². The van der Waals surface area contributed by atoms with E-state index in [1.807, 2.05) is 0 Å². The number of carbonyl (C=O) groups is 2. The number of rotatable bonds is 7. The predicted molar refractivity (Wildman–Crippen MR) is 96.3 cm³/mol. The number of benzene rings is 1.